The first-order chi connectivity index (χ1) is 17.7. The number of benzene rings is 2. The van der Waals surface area contributed by atoms with Crippen molar-refractivity contribution in [2.45, 2.75) is 32.4 Å². The van der Waals surface area contributed by atoms with E-state index in [1.54, 1.807) is 36.4 Å². The number of fused-ring (bicyclic) bond motifs is 1. The van der Waals surface area contributed by atoms with E-state index in [2.05, 4.69) is 45.3 Å². The molecule has 3 amide bonds. The van der Waals surface area contributed by atoms with Crippen molar-refractivity contribution in [2.24, 2.45) is 11.8 Å². The molecule has 2 aliphatic rings. The quantitative estimate of drug-likeness (QED) is 0.437. The number of hydrogen-bond acceptors (Lipinski definition) is 6. The highest BCUT2D eigenvalue weighted by Crippen LogP contribution is 2.44. The maximum atomic E-state index is 13.8. The number of hydrogen-bond donors (Lipinski definition) is 3. The minimum atomic E-state index is -2.33. The summed E-state index contributed by atoms with van der Waals surface area (Å²) < 4.78 is 11.4. The second-order valence-corrected chi connectivity index (χ2v) is 10.9. The molecular weight excluding hydrogens is 540 g/mol. The van der Waals surface area contributed by atoms with Gasteiger partial charge in [0.25, 0.3) is 11.6 Å². The first-order valence-electron chi connectivity index (χ1n) is 12.5. The summed E-state index contributed by atoms with van der Waals surface area (Å²) in [5.41, 5.74) is -1.51. The van der Waals surface area contributed by atoms with Gasteiger partial charge in [0.1, 0.15) is 11.5 Å². The van der Waals surface area contributed by atoms with E-state index in [1.807, 2.05) is 0 Å². The molecule has 0 aliphatic carbocycles. The molecule has 1 saturated heterocycles. The van der Waals surface area contributed by atoms with Gasteiger partial charge in [-0.2, -0.15) is 0 Å². The zero-order valence-corrected chi connectivity index (χ0v) is 23.3. The molecule has 3 N–H and O–H groups in total. The molecular formula is C27H35BrN4O5. The number of ether oxygens (including phenoxy) is 2. The number of piperidine rings is 1. The first kappa shape index (κ1) is 27.2. The molecule has 2 unspecified atom stereocenters. The van der Waals surface area contributed by atoms with Crippen molar-refractivity contribution in [3.05, 3.63) is 46.4 Å². The molecule has 0 bridgehead atoms. The topological polar surface area (TPSA) is 103 Å². The summed E-state index contributed by atoms with van der Waals surface area (Å²) in [7, 11) is 2.97. The summed E-state index contributed by atoms with van der Waals surface area (Å²) in [5.74, 6) is 0.989. The molecule has 0 spiro atoms. The predicted octanol–water partition coefficient (Wildman–Crippen LogP) is 4.15. The number of rotatable bonds is 8. The minimum Gasteiger partial charge on any atom is -0.497 e. The van der Waals surface area contributed by atoms with Crippen molar-refractivity contribution in [2.75, 3.05) is 50.6 Å². The average Bonchev–Trinajstić information content (AvgIpc) is 2.89. The Hall–Kier alpha value is -2.82. The number of carbonyl (C=O) groups excluding carboxylic acids is 2. The van der Waals surface area contributed by atoms with Crippen molar-refractivity contribution in [1.29, 1.82) is 0 Å². The van der Waals surface area contributed by atoms with Gasteiger partial charge in [-0.15, -0.1) is 0 Å². The lowest BCUT2D eigenvalue weighted by atomic mass is 9.94. The standard InChI is InChI=1S/C27H35BrN4O5/c1-17-9-11-31(12-10-17)16-18(2)15-29-25(33)27(35)21-13-19(28)5-7-22(21)30-26(34)32(27)23-8-6-20(36-3)14-24(23)37-4/h5-8,13-14,17-18,35H,9-12,15-16H2,1-4H3,(H,29,33)(H,30,34). The van der Waals surface area contributed by atoms with E-state index in [0.717, 1.165) is 30.5 Å². The fraction of sp³-hybridized carbons (Fsp3) is 0.481. The Bertz CT molecular complexity index is 1150. The van der Waals surface area contributed by atoms with E-state index in [-0.39, 0.29) is 22.9 Å². The molecule has 0 aromatic heterocycles. The normalized spacial score (nSPS) is 21.1. The Labute approximate surface area is 226 Å². The van der Waals surface area contributed by atoms with Crippen LogP contribution in [0.3, 0.4) is 0 Å². The first-order valence-corrected chi connectivity index (χ1v) is 13.3. The van der Waals surface area contributed by atoms with Crippen LogP contribution in [0, 0.1) is 11.8 Å². The third-order valence-corrected chi connectivity index (χ3v) is 7.62. The van der Waals surface area contributed by atoms with E-state index < -0.39 is 17.7 Å². The molecule has 0 saturated carbocycles. The largest absolute Gasteiger partial charge is 0.497 e. The summed E-state index contributed by atoms with van der Waals surface area (Å²) >= 11 is 3.43. The molecule has 2 atom stereocenters. The fourth-order valence-electron chi connectivity index (χ4n) is 4.97. The Kier molecular flexibility index (Phi) is 8.30. The number of halogens is 1. The van der Waals surface area contributed by atoms with Crippen LogP contribution in [0.5, 0.6) is 11.5 Å². The summed E-state index contributed by atoms with van der Waals surface area (Å²) in [6.07, 6.45) is 2.36. The molecule has 2 aromatic carbocycles. The van der Waals surface area contributed by atoms with Gasteiger partial charge in [-0.05, 0) is 68.1 Å². The van der Waals surface area contributed by atoms with E-state index in [1.165, 1.54) is 27.1 Å². The molecule has 10 heteroatoms. The molecule has 2 aliphatic heterocycles. The lowest BCUT2D eigenvalue weighted by molar-refractivity contribution is -0.140. The molecule has 2 aromatic rings. The Morgan fingerprint density at radius 1 is 1.22 bits per heavy atom. The van der Waals surface area contributed by atoms with Crippen LogP contribution in [0.4, 0.5) is 16.2 Å². The Balaban J connectivity index is 1.65. The number of carbonyl (C=O) groups is 2. The van der Waals surface area contributed by atoms with Crippen molar-refractivity contribution < 1.29 is 24.2 Å². The van der Waals surface area contributed by atoms with E-state index >= 15 is 0 Å². The maximum Gasteiger partial charge on any atom is 0.329 e. The molecule has 4 rings (SSSR count). The van der Waals surface area contributed by atoms with Gasteiger partial charge < -0.3 is 30.1 Å². The highest BCUT2D eigenvalue weighted by atomic mass is 79.9. The summed E-state index contributed by atoms with van der Waals surface area (Å²) in [5, 5.41) is 17.8. The van der Waals surface area contributed by atoms with Crippen molar-refractivity contribution in [3.63, 3.8) is 0 Å². The minimum absolute atomic E-state index is 0.157. The molecule has 1 fully saturated rings. The zero-order chi connectivity index (χ0) is 26.7. The zero-order valence-electron chi connectivity index (χ0n) is 21.7. The summed E-state index contributed by atoms with van der Waals surface area (Å²) in [6.45, 7) is 7.66. The number of amides is 3. The number of nitrogens with zero attached hydrogens (tertiary/aromatic N) is 2. The maximum absolute atomic E-state index is 13.8. The van der Waals surface area contributed by atoms with Gasteiger partial charge in [0, 0.05) is 29.2 Å². The lowest BCUT2D eigenvalue weighted by Gasteiger charge is -2.43. The SMILES string of the molecule is COc1ccc(N2C(=O)Nc3ccc(Br)cc3C2(O)C(=O)NCC(C)CN2CCC(C)CC2)c(OC)c1. The number of aliphatic hydroxyl groups is 1. The van der Waals surface area contributed by atoms with Gasteiger partial charge in [0.05, 0.1) is 25.6 Å². The van der Waals surface area contributed by atoms with Gasteiger partial charge in [0.15, 0.2) is 0 Å². The monoisotopic (exact) mass is 574 g/mol. The number of methoxy groups -OCH3 is 2. The third kappa shape index (κ3) is 5.56. The predicted molar refractivity (Wildman–Crippen MR) is 146 cm³/mol. The van der Waals surface area contributed by atoms with Crippen molar-refractivity contribution >= 4 is 39.2 Å². The van der Waals surface area contributed by atoms with Crippen LogP contribution in [-0.4, -0.2) is 62.3 Å². The second-order valence-electron chi connectivity index (χ2n) is 9.96. The van der Waals surface area contributed by atoms with Crippen LogP contribution in [0.25, 0.3) is 0 Å². The van der Waals surface area contributed by atoms with Gasteiger partial charge in [-0.25, -0.2) is 9.69 Å². The third-order valence-electron chi connectivity index (χ3n) is 7.13. The Morgan fingerprint density at radius 3 is 2.62 bits per heavy atom. The number of likely N-dealkylation sites (tertiary alicyclic amines) is 1. The highest BCUT2D eigenvalue weighted by molar-refractivity contribution is 9.10. The summed E-state index contributed by atoms with van der Waals surface area (Å²) in [4.78, 5) is 30.6. The van der Waals surface area contributed by atoms with E-state index in [0.29, 0.717) is 22.5 Å². The lowest BCUT2D eigenvalue weighted by Crippen LogP contribution is -2.63. The van der Waals surface area contributed by atoms with Crippen LogP contribution in [0.1, 0.15) is 32.3 Å². The highest BCUT2D eigenvalue weighted by Gasteiger charge is 2.53. The van der Waals surface area contributed by atoms with Gasteiger partial charge >= 0.3 is 6.03 Å². The van der Waals surface area contributed by atoms with Crippen LogP contribution in [-0.2, 0) is 10.5 Å². The molecule has 0 radical (unpaired) electrons. The fourth-order valence-corrected chi connectivity index (χ4v) is 5.33. The summed E-state index contributed by atoms with van der Waals surface area (Å²) in [6, 6.07) is 9.18. The Morgan fingerprint density at radius 2 is 1.95 bits per heavy atom. The van der Waals surface area contributed by atoms with Crippen molar-refractivity contribution in [3.8, 4) is 11.5 Å². The smallest absolute Gasteiger partial charge is 0.329 e. The van der Waals surface area contributed by atoms with E-state index in [9.17, 15) is 14.7 Å². The van der Waals surface area contributed by atoms with Crippen LogP contribution < -0.4 is 25.0 Å². The number of anilines is 2. The van der Waals surface area contributed by atoms with Gasteiger partial charge in [-0.3, -0.25) is 4.79 Å². The van der Waals surface area contributed by atoms with Gasteiger partial charge in [0.2, 0.25) is 0 Å². The van der Waals surface area contributed by atoms with Crippen LogP contribution in [0.2, 0.25) is 0 Å². The molecule has 9 nitrogen and oxygen atoms in total. The molecule has 37 heavy (non-hydrogen) atoms. The van der Waals surface area contributed by atoms with E-state index in [4.69, 9.17) is 9.47 Å². The number of nitrogens with one attached hydrogen (secondary N) is 2. The van der Waals surface area contributed by atoms with Crippen molar-refractivity contribution in [1.82, 2.24) is 10.2 Å². The van der Waals surface area contributed by atoms with Crippen LogP contribution >= 0.6 is 15.9 Å². The molecule has 200 valence electrons. The molecule has 2 heterocycles. The van der Waals surface area contributed by atoms with Gasteiger partial charge in [-0.1, -0.05) is 29.8 Å². The average molecular weight is 576 g/mol. The van der Waals surface area contributed by atoms with Crippen LogP contribution in [0.15, 0.2) is 40.9 Å². The second kappa shape index (κ2) is 11.3. The number of urea groups is 1.